The molecule has 1 unspecified atom stereocenters. The molecule has 0 aliphatic heterocycles. The number of carbonyl (C=O) groups is 1. The fraction of sp³-hybridized carbons (Fsp3) is 0.133. The molecule has 7 heteroatoms. The normalized spacial score (nSPS) is 12.7. The average molecular weight is 322 g/mol. The van der Waals surface area contributed by atoms with Crippen LogP contribution >= 0.6 is 7.82 Å². The molecule has 6 nitrogen and oxygen atoms in total. The van der Waals surface area contributed by atoms with Gasteiger partial charge in [0.1, 0.15) is 5.75 Å². The van der Waals surface area contributed by atoms with Crippen molar-refractivity contribution in [1.29, 1.82) is 0 Å². The monoisotopic (exact) mass is 322 g/mol. The minimum absolute atomic E-state index is 0.303. The van der Waals surface area contributed by atoms with Crippen LogP contribution < -0.4 is 4.74 Å². The van der Waals surface area contributed by atoms with Crippen molar-refractivity contribution in [2.75, 3.05) is 7.11 Å². The summed E-state index contributed by atoms with van der Waals surface area (Å²) in [6.45, 7) is 0. The van der Waals surface area contributed by atoms with Crippen LogP contribution in [-0.2, 0) is 9.09 Å². The van der Waals surface area contributed by atoms with E-state index in [1.165, 1.54) is 19.2 Å². The van der Waals surface area contributed by atoms with E-state index < -0.39 is 19.7 Å². The number of phosphoric acid groups is 1. The zero-order valence-electron chi connectivity index (χ0n) is 11.7. The molecule has 2 aromatic carbocycles. The molecule has 0 spiro atoms. The molecule has 0 fully saturated rings. The topological polar surface area (TPSA) is 93.1 Å². The number of hydrogen-bond acceptors (Lipinski definition) is 4. The number of benzene rings is 2. The first-order valence-corrected chi connectivity index (χ1v) is 7.91. The van der Waals surface area contributed by atoms with Crippen LogP contribution in [0.15, 0.2) is 54.6 Å². The molecule has 0 heterocycles. The van der Waals surface area contributed by atoms with E-state index in [0.717, 1.165) is 0 Å². The number of carbonyl (C=O) groups excluding carboxylic acids is 1. The Kier molecular flexibility index (Phi) is 5.11. The summed E-state index contributed by atoms with van der Waals surface area (Å²) >= 11 is 0. The van der Waals surface area contributed by atoms with Gasteiger partial charge in [0, 0.05) is 5.56 Å². The van der Waals surface area contributed by atoms with Gasteiger partial charge < -0.3 is 14.5 Å². The summed E-state index contributed by atoms with van der Waals surface area (Å²) in [5.41, 5.74) is 0.634. The van der Waals surface area contributed by atoms with Crippen molar-refractivity contribution in [1.82, 2.24) is 0 Å². The van der Waals surface area contributed by atoms with Crippen LogP contribution in [-0.4, -0.2) is 22.7 Å². The number of methoxy groups -OCH3 is 1. The SMILES string of the molecule is COc1ccc(C(OP(=O)(O)O)C(=O)c2ccccc2)cc1. The van der Waals surface area contributed by atoms with Crippen LogP contribution in [0, 0.1) is 0 Å². The maximum atomic E-state index is 12.5. The lowest BCUT2D eigenvalue weighted by atomic mass is 10.00. The van der Waals surface area contributed by atoms with Crippen LogP contribution in [0.3, 0.4) is 0 Å². The minimum atomic E-state index is -4.83. The van der Waals surface area contributed by atoms with E-state index in [2.05, 4.69) is 4.52 Å². The van der Waals surface area contributed by atoms with Crippen LogP contribution in [0.25, 0.3) is 0 Å². The van der Waals surface area contributed by atoms with E-state index in [0.29, 0.717) is 16.9 Å². The van der Waals surface area contributed by atoms with Crippen molar-refractivity contribution in [3.63, 3.8) is 0 Å². The number of phosphoric ester groups is 1. The highest BCUT2D eigenvalue weighted by Crippen LogP contribution is 2.43. The molecule has 0 aliphatic rings. The lowest BCUT2D eigenvalue weighted by Gasteiger charge is -2.18. The van der Waals surface area contributed by atoms with E-state index in [1.54, 1.807) is 42.5 Å². The Balaban J connectivity index is 2.37. The molecule has 0 aromatic heterocycles. The molecule has 2 rings (SSSR count). The zero-order chi connectivity index (χ0) is 16.2. The summed E-state index contributed by atoms with van der Waals surface area (Å²) in [4.78, 5) is 30.6. The van der Waals surface area contributed by atoms with Gasteiger partial charge in [-0.05, 0) is 17.7 Å². The Morgan fingerprint density at radius 2 is 1.64 bits per heavy atom. The van der Waals surface area contributed by atoms with Gasteiger partial charge in [-0.2, -0.15) is 0 Å². The van der Waals surface area contributed by atoms with Crippen molar-refractivity contribution >= 4 is 13.6 Å². The lowest BCUT2D eigenvalue weighted by Crippen LogP contribution is -2.15. The third-order valence-electron chi connectivity index (χ3n) is 2.96. The van der Waals surface area contributed by atoms with E-state index in [4.69, 9.17) is 14.5 Å². The molecule has 0 saturated heterocycles. The van der Waals surface area contributed by atoms with Crippen LogP contribution in [0.1, 0.15) is 22.0 Å². The number of hydrogen-bond donors (Lipinski definition) is 2. The predicted molar refractivity (Wildman–Crippen MR) is 79.6 cm³/mol. The van der Waals surface area contributed by atoms with Gasteiger partial charge in [-0.15, -0.1) is 0 Å². The van der Waals surface area contributed by atoms with Gasteiger partial charge >= 0.3 is 7.82 Å². The van der Waals surface area contributed by atoms with Crippen molar-refractivity contribution in [3.05, 3.63) is 65.7 Å². The first-order valence-electron chi connectivity index (χ1n) is 6.38. The number of ketones is 1. The summed E-state index contributed by atoms with van der Waals surface area (Å²) in [7, 11) is -3.34. The second-order valence-electron chi connectivity index (χ2n) is 4.48. The lowest BCUT2D eigenvalue weighted by molar-refractivity contribution is 0.0711. The van der Waals surface area contributed by atoms with Crippen molar-refractivity contribution in [2.45, 2.75) is 6.10 Å². The smallest absolute Gasteiger partial charge is 0.470 e. The highest BCUT2D eigenvalue weighted by Gasteiger charge is 2.30. The van der Waals surface area contributed by atoms with Gasteiger partial charge in [-0.3, -0.25) is 9.32 Å². The Bertz CT molecular complexity index is 677. The molecule has 0 saturated carbocycles. The third-order valence-corrected chi connectivity index (χ3v) is 3.44. The second kappa shape index (κ2) is 6.85. The fourth-order valence-corrected chi connectivity index (χ4v) is 2.42. The van der Waals surface area contributed by atoms with Gasteiger partial charge in [0.15, 0.2) is 11.9 Å². The number of ether oxygens (including phenoxy) is 1. The van der Waals surface area contributed by atoms with Crippen LogP contribution in [0.5, 0.6) is 5.75 Å². The Morgan fingerprint density at radius 1 is 1.05 bits per heavy atom. The van der Waals surface area contributed by atoms with E-state index in [9.17, 15) is 9.36 Å². The first-order chi connectivity index (χ1) is 10.4. The maximum absolute atomic E-state index is 12.5. The summed E-state index contributed by atoms with van der Waals surface area (Å²) in [6, 6.07) is 14.4. The molecule has 0 amide bonds. The van der Waals surface area contributed by atoms with Gasteiger partial charge in [-0.25, -0.2) is 4.57 Å². The van der Waals surface area contributed by atoms with E-state index in [1.807, 2.05) is 0 Å². The van der Waals surface area contributed by atoms with E-state index in [-0.39, 0.29) is 0 Å². The molecule has 0 radical (unpaired) electrons. The maximum Gasteiger partial charge on any atom is 0.470 e. The Labute approximate surface area is 127 Å². The molecule has 22 heavy (non-hydrogen) atoms. The largest absolute Gasteiger partial charge is 0.497 e. The molecular formula is C15H15O6P. The summed E-state index contributed by atoms with van der Waals surface area (Å²) in [5, 5.41) is 0. The molecule has 116 valence electrons. The van der Waals surface area contributed by atoms with Crippen molar-refractivity contribution < 1.29 is 28.4 Å². The average Bonchev–Trinajstić information content (AvgIpc) is 2.52. The third kappa shape index (κ3) is 4.26. The van der Waals surface area contributed by atoms with Gasteiger partial charge in [0.2, 0.25) is 0 Å². The van der Waals surface area contributed by atoms with Gasteiger partial charge in [0.25, 0.3) is 0 Å². The van der Waals surface area contributed by atoms with E-state index >= 15 is 0 Å². The van der Waals surface area contributed by atoms with Crippen molar-refractivity contribution in [3.8, 4) is 5.75 Å². The second-order valence-corrected chi connectivity index (χ2v) is 5.67. The molecule has 0 aliphatic carbocycles. The summed E-state index contributed by atoms with van der Waals surface area (Å²) in [6.07, 6.45) is -1.39. The van der Waals surface area contributed by atoms with Gasteiger partial charge in [-0.1, -0.05) is 42.5 Å². The standard InChI is InChI=1S/C15H15O6P/c1-20-13-9-7-12(8-10-13)15(21-22(17,18)19)14(16)11-5-3-2-4-6-11/h2-10,15H,1H3,(H2,17,18,19). The summed E-state index contributed by atoms with van der Waals surface area (Å²) < 4.78 is 20.9. The number of rotatable bonds is 6. The zero-order valence-corrected chi connectivity index (χ0v) is 12.6. The van der Waals surface area contributed by atoms with Crippen molar-refractivity contribution in [2.24, 2.45) is 0 Å². The first kappa shape index (κ1) is 16.4. The van der Waals surface area contributed by atoms with Gasteiger partial charge in [0.05, 0.1) is 7.11 Å². The minimum Gasteiger partial charge on any atom is -0.497 e. The highest BCUT2D eigenvalue weighted by atomic mass is 31.2. The molecular weight excluding hydrogens is 307 g/mol. The molecule has 0 bridgehead atoms. The quantitative estimate of drug-likeness (QED) is 0.627. The highest BCUT2D eigenvalue weighted by molar-refractivity contribution is 7.46. The Hall–Kier alpha value is -1.98. The molecule has 2 N–H and O–H groups in total. The Morgan fingerprint density at radius 3 is 2.14 bits per heavy atom. The van der Waals surface area contributed by atoms with Crippen LogP contribution in [0.4, 0.5) is 0 Å². The predicted octanol–water partition coefficient (Wildman–Crippen LogP) is 2.73. The fourth-order valence-electron chi connectivity index (χ4n) is 1.93. The number of Topliss-reactive ketones (excluding diaryl/α,β-unsaturated/α-hetero) is 1. The molecule has 1 atom stereocenters. The van der Waals surface area contributed by atoms with Crippen LogP contribution in [0.2, 0.25) is 0 Å². The summed E-state index contributed by atoms with van der Waals surface area (Å²) in [5.74, 6) is 0.0277. The molecule has 2 aromatic rings.